The van der Waals surface area contributed by atoms with Crippen LogP contribution < -0.4 is 10.2 Å². The molecule has 1 unspecified atom stereocenters. The fourth-order valence-electron chi connectivity index (χ4n) is 3.75. The lowest BCUT2D eigenvalue weighted by Gasteiger charge is -2.19. The topological polar surface area (TPSA) is 72.7 Å². The minimum absolute atomic E-state index is 0.0266. The second-order valence-corrected chi connectivity index (χ2v) is 7.84. The summed E-state index contributed by atoms with van der Waals surface area (Å²) in [7, 11) is 3.32. The van der Waals surface area contributed by atoms with E-state index in [1.807, 2.05) is 61.6 Å². The van der Waals surface area contributed by atoms with Crippen molar-refractivity contribution in [2.75, 3.05) is 20.7 Å². The Labute approximate surface area is 175 Å². The number of hydrogen-bond donors (Lipinski definition) is 2. The zero-order chi connectivity index (χ0) is 21.1. The monoisotopic (exact) mass is 404 g/mol. The molecule has 1 heterocycles. The quantitative estimate of drug-likeness (QED) is 0.591. The lowest BCUT2D eigenvalue weighted by atomic mass is 9.94. The Kier molecular flexibility index (Phi) is 5.77. The van der Waals surface area contributed by atoms with Crippen LogP contribution in [0.5, 0.6) is 0 Å². The highest BCUT2D eigenvalue weighted by molar-refractivity contribution is 6.07. The number of hydrogen-bond acceptors (Lipinski definition) is 4. The van der Waals surface area contributed by atoms with Gasteiger partial charge in [0, 0.05) is 17.0 Å². The maximum atomic E-state index is 12.9. The SMILES string of the molecule is COC(=O)c1c(C[NH+](C)CC(=O)NC2CC2)nc2ccccc2c1-c1ccccc1. The number of ether oxygens (including phenoxy) is 1. The van der Waals surface area contributed by atoms with Crippen LogP contribution in [0.1, 0.15) is 28.9 Å². The van der Waals surface area contributed by atoms with Crippen molar-refractivity contribution >= 4 is 22.8 Å². The maximum absolute atomic E-state index is 12.9. The molecule has 6 nitrogen and oxygen atoms in total. The standard InChI is InChI=1S/C24H25N3O3/c1-27(15-21(28)25-17-12-13-17)14-20-23(24(29)30-2)22(16-8-4-3-5-9-16)18-10-6-7-11-19(18)26-20/h3-11,17H,12-15H2,1-2H3,(H,25,28)/p+1. The van der Waals surface area contributed by atoms with Gasteiger partial charge in [-0.25, -0.2) is 9.78 Å². The molecule has 6 heteroatoms. The second-order valence-electron chi connectivity index (χ2n) is 7.84. The first-order valence-electron chi connectivity index (χ1n) is 10.2. The van der Waals surface area contributed by atoms with Crippen LogP contribution in [0.2, 0.25) is 0 Å². The van der Waals surface area contributed by atoms with E-state index in [9.17, 15) is 9.59 Å². The zero-order valence-electron chi connectivity index (χ0n) is 17.3. The number of fused-ring (bicyclic) bond motifs is 1. The smallest absolute Gasteiger partial charge is 0.340 e. The molecule has 0 saturated heterocycles. The van der Waals surface area contributed by atoms with Gasteiger partial charge in [0.15, 0.2) is 6.54 Å². The predicted molar refractivity (Wildman–Crippen MR) is 115 cm³/mol. The third kappa shape index (κ3) is 4.33. The van der Waals surface area contributed by atoms with Crippen LogP contribution in [0.25, 0.3) is 22.0 Å². The average molecular weight is 404 g/mol. The highest BCUT2D eigenvalue weighted by Crippen LogP contribution is 2.33. The Hall–Kier alpha value is -3.25. The van der Waals surface area contributed by atoms with E-state index < -0.39 is 5.97 Å². The molecule has 2 N–H and O–H groups in total. The van der Waals surface area contributed by atoms with Gasteiger partial charge < -0.3 is 15.0 Å². The Bertz CT molecular complexity index is 1080. The molecular weight excluding hydrogens is 378 g/mol. The van der Waals surface area contributed by atoms with Crippen molar-refractivity contribution in [2.24, 2.45) is 0 Å². The summed E-state index contributed by atoms with van der Waals surface area (Å²) in [5.74, 6) is -0.393. The molecular formula is C24H26N3O3+. The van der Waals surface area contributed by atoms with Gasteiger partial charge in [-0.05, 0) is 24.5 Å². The maximum Gasteiger partial charge on any atom is 0.340 e. The number of aromatic nitrogens is 1. The van der Waals surface area contributed by atoms with Crippen molar-refractivity contribution in [3.63, 3.8) is 0 Å². The van der Waals surface area contributed by atoms with E-state index in [0.29, 0.717) is 30.4 Å². The van der Waals surface area contributed by atoms with Crippen LogP contribution in [-0.4, -0.2) is 43.6 Å². The molecule has 1 atom stereocenters. The Balaban J connectivity index is 1.78. The first-order chi connectivity index (χ1) is 14.6. The number of para-hydroxylation sites is 1. The van der Waals surface area contributed by atoms with E-state index in [-0.39, 0.29) is 5.91 Å². The van der Waals surface area contributed by atoms with Crippen LogP contribution in [0.3, 0.4) is 0 Å². The normalized spacial score (nSPS) is 14.3. The number of carbonyl (C=O) groups is 2. The largest absolute Gasteiger partial charge is 0.465 e. The van der Waals surface area contributed by atoms with E-state index in [2.05, 4.69) is 5.32 Å². The van der Waals surface area contributed by atoms with Crippen LogP contribution in [0.4, 0.5) is 0 Å². The molecule has 1 aromatic heterocycles. The molecule has 1 saturated carbocycles. The van der Waals surface area contributed by atoms with Gasteiger partial charge in [0.05, 0.1) is 25.2 Å². The van der Waals surface area contributed by atoms with Gasteiger partial charge in [-0.15, -0.1) is 0 Å². The Morgan fingerprint density at radius 3 is 2.50 bits per heavy atom. The van der Waals surface area contributed by atoms with Crippen molar-refractivity contribution in [2.45, 2.75) is 25.4 Å². The van der Waals surface area contributed by atoms with Gasteiger partial charge >= 0.3 is 5.97 Å². The summed E-state index contributed by atoms with van der Waals surface area (Å²) in [4.78, 5) is 30.9. The number of nitrogens with one attached hydrogen (secondary N) is 2. The fourth-order valence-corrected chi connectivity index (χ4v) is 3.75. The molecule has 0 bridgehead atoms. The number of pyridine rings is 1. The van der Waals surface area contributed by atoms with Crippen molar-refractivity contribution < 1.29 is 19.2 Å². The van der Waals surface area contributed by atoms with Crippen molar-refractivity contribution in [1.82, 2.24) is 10.3 Å². The molecule has 1 amide bonds. The van der Waals surface area contributed by atoms with Gasteiger partial charge in [0.25, 0.3) is 5.91 Å². The third-order valence-corrected chi connectivity index (χ3v) is 5.29. The number of amides is 1. The molecule has 3 aromatic rings. The summed E-state index contributed by atoms with van der Waals surface area (Å²) in [6.07, 6.45) is 2.12. The van der Waals surface area contributed by atoms with Gasteiger partial charge in [-0.2, -0.15) is 0 Å². The zero-order valence-corrected chi connectivity index (χ0v) is 17.3. The second kappa shape index (κ2) is 8.63. The van der Waals surface area contributed by atoms with Crippen molar-refractivity contribution in [3.8, 4) is 11.1 Å². The summed E-state index contributed by atoms with van der Waals surface area (Å²) >= 11 is 0. The molecule has 0 spiro atoms. The van der Waals surface area contributed by atoms with E-state index in [1.165, 1.54) is 7.11 Å². The lowest BCUT2D eigenvalue weighted by Crippen LogP contribution is -3.09. The molecule has 1 fully saturated rings. The van der Waals surface area contributed by atoms with Crippen LogP contribution in [-0.2, 0) is 16.1 Å². The lowest BCUT2D eigenvalue weighted by molar-refractivity contribution is -0.885. The molecule has 2 aromatic carbocycles. The minimum Gasteiger partial charge on any atom is -0.465 e. The highest BCUT2D eigenvalue weighted by atomic mass is 16.5. The molecule has 154 valence electrons. The first kappa shape index (κ1) is 20.0. The van der Waals surface area contributed by atoms with Crippen molar-refractivity contribution in [3.05, 3.63) is 65.9 Å². The highest BCUT2D eigenvalue weighted by Gasteiger charge is 2.27. The summed E-state index contributed by atoms with van der Waals surface area (Å²) in [6.45, 7) is 0.763. The Morgan fingerprint density at radius 1 is 1.10 bits per heavy atom. The molecule has 4 rings (SSSR count). The number of esters is 1. The number of nitrogens with zero attached hydrogens (tertiary/aromatic N) is 1. The van der Waals surface area contributed by atoms with Crippen LogP contribution in [0.15, 0.2) is 54.6 Å². The van der Waals surface area contributed by atoms with Crippen LogP contribution >= 0.6 is 0 Å². The molecule has 0 radical (unpaired) electrons. The van der Waals surface area contributed by atoms with E-state index >= 15 is 0 Å². The van der Waals surface area contributed by atoms with E-state index in [4.69, 9.17) is 9.72 Å². The number of carbonyl (C=O) groups excluding carboxylic acids is 2. The Morgan fingerprint density at radius 2 is 1.80 bits per heavy atom. The molecule has 1 aliphatic rings. The average Bonchev–Trinajstić information content (AvgIpc) is 3.56. The van der Waals surface area contributed by atoms with Gasteiger partial charge in [-0.3, -0.25) is 4.79 Å². The van der Waals surface area contributed by atoms with Crippen molar-refractivity contribution in [1.29, 1.82) is 0 Å². The summed E-state index contributed by atoms with van der Waals surface area (Å²) in [5, 5.41) is 3.91. The summed E-state index contributed by atoms with van der Waals surface area (Å²) in [6, 6.07) is 17.9. The first-order valence-corrected chi connectivity index (χ1v) is 10.2. The number of likely N-dealkylation sites (N-methyl/N-ethyl adjacent to an activating group) is 1. The fraction of sp³-hybridized carbons (Fsp3) is 0.292. The number of rotatable bonds is 7. The molecule has 1 aliphatic carbocycles. The predicted octanol–water partition coefficient (Wildman–Crippen LogP) is 1.98. The molecule has 30 heavy (non-hydrogen) atoms. The summed E-state index contributed by atoms with van der Waals surface area (Å²) < 4.78 is 5.14. The van der Waals surface area contributed by atoms with Gasteiger partial charge in [-0.1, -0.05) is 48.5 Å². The number of quaternary nitrogens is 1. The number of methoxy groups -OCH3 is 1. The van der Waals surface area contributed by atoms with E-state index in [1.54, 1.807) is 0 Å². The number of benzene rings is 2. The van der Waals surface area contributed by atoms with Gasteiger partial charge in [0.1, 0.15) is 12.2 Å². The third-order valence-electron chi connectivity index (χ3n) is 5.29. The van der Waals surface area contributed by atoms with E-state index in [0.717, 1.165) is 39.8 Å². The minimum atomic E-state index is -0.419. The summed E-state index contributed by atoms with van der Waals surface area (Å²) in [5.41, 5.74) is 3.66. The van der Waals surface area contributed by atoms with Crippen LogP contribution in [0, 0.1) is 0 Å². The van der Waals surface area contributed by atoms with Gasteiger partial charge in [0.2, 0.25) is 0 Å². The molecule has 0 aliphatic heterocycles.